The van der Waals surface area contributed by atoms with Crippen LogP contribution >= 0.6 is 7.82 Å². The minimum absolute atomic E-state index is 0.0170. The smallest absolute Gasteiger partial charge is 0.460 e. The Labute approximate surface area is 158 Å². The molecule has 11 heteroatoms. The molecule has 0 atom stereocenters. The number of esters is 2. The summed E-state index contributed by atoms with van der Waals surface area (Å²) in [4.78, 5) is 31.6. The molecule has 156 valence electrons. The van der Waals surface area contributed by atoms with Crippen LogP contribution in [0.2, 0.25) is 0 Å². The van der Waals surface area contributed by atoms with Gasteiger partial charge < -0.3 is 23.8 Å². The normalized spacial score (nSPS) is 11.1. The molecule has 0 aliphatic heterocycles. The molecule has 0 radical (unpaired) electrons. The van der Waals surface area contributed by atoms with Crippen LogP contribution < -0.4 is 0 Å². The molecule has 27 heavy (non-hydrogen) atoms. The van der Waals surface area contributed by atoms with Crippen molar-refractivity contribution in [3.8, 4) is 0 Å². The molecule has 0 aromatic heterocycles. The van der Waals surface area contributed by atoms with Crippen LogP contribution in [-0.2, 0) is 42.1 Å². The number of hydrogen-bond donors (Lipinski definition) is 1. The van der Waals surface area contributed by atoms with Gasteiger partial charge in [-0.25, -0.2) is 14.2 Å². The largest absolute Gasteiger partial charge is 0.472 e. The molecular weight excluding hydrogens is 383 g/mol. The van der Waals surface area contributed by atoms with E-state index in [-0.39, 0.29) is 64.0 Å². The van der Waals surface area contributed by atoms with Gasteiger partial charge in [-0.05, 0) is 13.8 Å². The van der Waals surface area contributed by atoms with Gasteiger partial charge in [-0.3, -0.25) is 9.05 Å². The second-order valence-corrected chi connectivity index (χ2v) is 6.65. The van der Waals surface area contributed by atoms with Gasteiger partial charge in [0.15, 0.2) is 0 Å². The van der Waals surface area contributed by atoms with E-state index in [2.05, 4.69) is 22.2 Å². The van der Waals surface area contributed by atoms with Crippen molar-refractivity contribution in [3.05, 3.63) is 24.3 Å². The third-order valence-electron chi connectivity index (χ3n) is 2.58. The van der Waals surface area contributed by atoms with E-state index in [0.29, 0.717) is 0 Å². The lowest BCUT2D eigenvalue weighted by Gasteiger charge is -2.12. The lowest BCUT2D eigenvalue weighted by atomic mass is 10.4. The topological polar surface area (TPSA) is 127 Å². The van der Waals surface area contributed by atoms with Gasteiger partial charge in [-0.1, -0.05) is 13.2 Å². The van der Waals surface area contributed by atoms with Crippen molar-refractivity contribution in [2.75, 3.05) is 52.9 Å². The molecule has 0 fully saturated rings. The van der Waals surface area contributed by atoms with Gasteiger partial charge >= 0.3 is 19.8 Å². The highest BCUT2D eigenvalue weighted by Crippen LogP contribution is 2.42. The van der Waals surface area contributed by atoms with Crippen LogP contribution in [0.25, 0.3) is 0 Å². The van der Waals surface area contributed by atoms with Crippen molar-refractivity contribution in [2.24, 2.45) is 0 Å². The number of ether oxygens (including phenoxy) is 4. The molecule has 0 aromatic rings. The molecule has 0 bridgehead atoms. The lowest BCUT2D eigenvalue weighted by Crippen LogP contribution is -2.14. The van der Waals surface area contributed by atoms with Crippen LogP contribution in [0.5, 0.6) is 0 Å². The van der Waals surface area contributed by atoms with Crippen LogP contribution in [0.4, 0.5) is 0 Å². The Bertz CT molecular complexity index is 501. The average Bonchev–Trinajstić information content (AvgIpc) is 2.59. The Hall–Kier alpha value is -1.55. The summed E-state index contributed by atoms with van der Waals surface area (Å²) < 4.78 is 40.7. The highest BCUT2D eigenvalue weighted by atomic mass is 31.2. The number of rotatable bonds is 16. The number of phosphoric acid groups is 1. The van der Waals surface area contributed by atoms with Gasteiger partial charge in [0.25, 0.3) is 0 Å². The number of hydrogen-bond acceptors (Lipinski definition) is 9. The van der Waals surface area contributed by atoms with E-state index in [0.717, 1.165) is 0 Å². The Morgan fingerprint density at radius 3 is 1.41 bits per heavy atom. The summed E-state index contributed by atoms with van der Waals surface area (Å²) in [6.07, 6.45) is 0. The SMILES string of the molecule is C=C(C)C(=O)OCCOCCOP(=O)(O)OCCOCCOC(=O)C(=C)C. The average molecular weight is 410 g/mol. The van der Waals surface area contributed by atoms with Gasteiger partial charge in [0.05, 0.1) is 39.6 Å². The van der Waals surface area contributed by atoms with Crippen LogP contribution in [-0.4, -0.2) is 69.7 Å². The van der Waals surface area contributed by atoms with Crippen LogP contribution in [0.1, 0.15) is 13.8 Å². The first-order valence-corrected chi connectivity index (χ1v) is 9.58. The minimum atomic E-state index is -4.22. The van der Waals surface area contributed by atoms with Crippen LogP contribution in [0.15, 0.2) is 24.3 Å². The molecule has 0 aliphatic rings. The van der Waals surface area contributed by atoms with Crippen molar-refractivity contribution in [1.82, 2.24) is 0 Å². The fourth-order valence-electron chi connectivity index (χ4n) is 1.30. The number of carbonyl (C=O) groups excluding carboxylic acids is 2. The Kier molecular flexibility index (Phi) is 13.7. The van der Waals surface area contributed by atoms with E-state index >= 15 is 0 Å². The zero-order valence-electron chi connectivity index (χ0n) is 15.6. The van der Waals surface area contributed by atoms with E-state index in [1.54, 1.807) is 0 Å². The third kappa shape index (κ3) is 15.2. The molecule has 0 spiro atoms. The maximum absolute atomic E-state index is 11.6. The molecule has 0 aromatic carbocycles. The molecule has 0 amide bonds. The van der Waals surface area contributed by atoms with Crippen molar-refractivity contribution in [1.29, 1.82) is 0 Å². The van der Waals surface area contributed by atoms with Gasteiger partial charge in [0, 0.05) is 11.1 Å². The highest BCUT2D eigenvalue weighted by Gasteiger charge is 2.20. The summed E-state index contributed by atoms with van der Waals surface area (Å²) in [5.41, 5.74) is 0.571. The first-order valence-electron chi connectivity index (χ1n) is 8.08. The monoisotopic (exact) mass is 410 g/mol. The maximum atomic E-state index is 11.6. The number of carbonyl (C=O) groups is 2. The van der Waals surface area contributed by atoms with Crippen molar-refractivity contribution >= 4 is 19.8 Å². The first kappa shape index (κ1) is 25.4. The quantitative estimate of drug-likeness (QED) is 0.173. The van der Waals surface area contributed by atoms with Crippen molar-refractivity contribution in [2.45, 2.75) is 13.8 Å². The lowest BCUT2D eigenvalue weighted by molar-refractivity contribution is -0.141. The Morgan fingerprint density at radius 2 is 1.07 bits per heavy atom. The predicted molar refractivity (Wildman–Crippen MR) is 94.9 cm³/mol. The van der Waals surface area contributed by atoms with Gasteiger partial charge in [-0.2, -0.15) is 0 Å². The fourth-order valence-corrected chi connectivity index (χ4v) is 1.98. The van der Waals surface area contributed by atoms with Crippen molar-refractivity contribution in [3.63, 3.8) is 0 Å². The van der Waals surface area contributed by atoms with E-state index in [4.69, 9.17) is 18.9 Å². The molecular formula is C16H27O10P. The molecule has 10 nitrogen and oxygen atoms in total. The number of phosphoric ester groups is 1. The summed E-state index contributed by atoms with van der Waals surface area (Å²) in [7, 11) is -4.22. The summed E-state index contributed by atoms with van der Waals surface area (Å²) >= 11 is 0. The zero-order chi connectivity index (χ0) is 20.7. The summed E-state index contributed by atoms with van der Waals surface area (Å²) in [6, 6.07) is 0. The Balaban J connectivity index is 3.57. The molecule has 0 saturated heterocycles. The highest BCUT2D eigenvalue weighted by molar-refractivity contribution is 7.47. The predicted octanol–water partition coefficient (Wildman–Crippen LogP) is 1.39. The summed E-state index contributed by atoms with van der Waals surface area (Å²) in [5.74, 6) is -1.03. The molecule has 0 aliphatic carbocycles. The van der Waals surface area contributed by atoms with Gasteiger partial charge in [0.1, 0.15) is 13.2 Å². The van der Waals surface area contributed by atoms with Crippen molar-refractivity contribution < 1.29 is 47.0 Å². The molecule has 0 unspecified atom stereocenters. The summed E-state index contributed by atoms with van der Waals surface area (Å²) in [6.45, 7) is 9.89. The second-order valence-electron chi connectivity index (χ2n) is 5.19. The first-order chi connectivity index (χ1) is 12.7. The molecule has 0 heterocycles. The standard InChI is InChI=1S/C16H27O10P/c1-13(2)15(17)23-9-5-21-7-11-25-27(19,20)26-12-8-22-6-10-24-16(18)14(3)4/h1,3,5-12H2,2,4H3,(H,19,20). The maximum Gasteiger partial charge on any atom is 0.472 e. The second kappa shape index (κ2) is 14.5. The molecule has 1 N–H and O–H groups in total. The van der Waals surface area contributed by atoms with Gasteiger partial charge in [-0.15, -0.1) is 0 Å². The van der Waals surface area contributed by atoms with E-state index in [1.165, 1.54) is 13.8 Å². The zero-order valence-corrected chi connectivity index (χ0v) is 16.5. The molecule has 0 rings (SSSR count). The third-order valence-corrected chi connectivity index (χ3v) is 3.60. The van der Waals surface area contributed by atoms with E-state index < -0.39 is 19.8 Å². The fraction of sp³-hybridized carbons (Fsp3) is 0.625. The van der Waals surface area contributed by atoms with E-state index in [1.807, 2.05) is 0 Å². The Morgan fingerprint density at radius 1 is 0.741 bits per heavy atom. The van der Waals surface area contributed by atoms with Crippen LogP contribution in [0.3, 0.4) is 0 Å². The van der Waals surface area contributed by atoms with Gasteiger partial charge in [0.2, 0.25) is 0 Å². The minimum Gasteiger partial charge on any atom is -0.460 e. The summed E-state index contributed by atoms with van der Waals surface area (Å²) in [5, 5.41) is 0. The molecule has 0 saturated carbocycles. The van der Waals surface area contributed by atoms with Crippen LogP contribution in [0, 0.1) is 0 Å². The van der Waals surface area contributed by atoms with E-state index in [9.17, 15) is 19.0 Å².